The van der Waals surface area contributed by atoms with E-state index < -0.39 is 0 Å². The Morgan fingerprint density at radius 1 is 1.53 bits per heavy atom. The maximum Gasteiger partial charge on any atom is 0.223 e. The summed E-state index contributed by atoms with van der Waals surface area (Å²) < 4.78 is 0. The molecule has 1 fully saturated rings. The van der Waals surface area contributed by atoms with Gasteiger partial charge >= 0.3 is 0 Å². The number of unbranched alkanes of at least 4 members (excludes halogenated alkanes) is 1. The van der Waals surface area contributed by atoms with Crippen LogP contribution in [0.2, 0.25) is 0 Å². The maximum absolute atomic E-state index is 11.6. The zero-order valence-electron chi connectivity index (χ0n) is 9.45. The molecule has 1 heterocycles. The first-order valence-electron chi connectivity index (χ1n) is 5.77. The maximum atomic E-state index is 11.6. The van der Waals surface area contributed by atoms with Crippen LogP contribution in [-0.2, 0) is 4.79 Å². The fraction of sp³-hybridized carbons (Fsp3) is 0.909. The van der Waals surface area contributed by atoms with Gasteiger partial charge in [0.1, 0.15) is 0 Å². The van der Waals surface area contributed by atoms with Gasteiger partial charge in [-0.15, -0.1) is 0 Å². The second kappa shape index (κ2) is 7.12. The second-order valence-electron chi connectivity index (χ2n) is 4.00. The van der Waals surface area contributed by atoms with Crippen molar-refractivity contribution < 1.29 is 9.90 Å². The van der Waals surface area contributed by atoms with Gasteiger partial charge in [-0.25, -0.2) is 0 Å². The molecule has 0 spiro atoms. The van der Waals surface area contributed by atoms with Gasteiger partial charge in [0.15, 0.2) is 0 Å². The molecule has 0 aromatic heterocycles. The van der Waals surface area contributed by atoms with Crippen LogP contribution in [-0.4, -0.2) is 46.6 Å². The van der Waals surface area contributed by atoms with Crippen LogP contribution in [0.15, 0.2) is 0 Å². The summed E-state index contributed by atoms with van der Waals surface area (Å²) in [6.45, 7) is 3.45. The van der Waals surface area contributed by atoms with Gasteiger partial charge in [0, 0.05) is 25.3 Å². The Bertz CT molecular complexity index is 199. The van der Waals surface area contributed by atoms with Gasteiger partial charge in [0.25, 0.3) is 0 Å². The molecule has 1 atom stereocenters. The summed E-state index contributed by atoms with van der Waals surface area (Å²) in [5.41, 5.74) is 0. The van der Waals surface area contributed by atoms with Crippen LogP contribution in [0.3, 0.4) is 0 Å². The van der Waals surface area contributed by atoms with Gasteiger partial charge in [0.05, 0.1) is 6.10 Å². The standard InChI is InChI=1S/C11H21NO2S/c1-2-3-7-15-8-5-11(14)12-6-4-10(13)9-12/h10,13H,2-9H2,1H3/t10-/m1/s1. The number of carbonyl (C=O) groups excluding carboxylic acids is 1. The predicted molar refractivity (Wildman–Crippen MR) is 64.1 cm³/mol. The number of β-amino-alcohol motifs (C(OH)–C–C–N with tert-alkyl or cyclic N) is 1. The van der Waals surface area contributed by atoms with Crippen molar-refractivity contribution in [1.82, 2.24) is 4.90 Å². The van der Waals surface area contributed by atoms with E-state index >= 15 is 0 Å². The Labute approximate surface area is 96.2 Å². The lowest BCUT2D eigenvalue weighted by Gasteiger charge is -2.14. The van der Waals surface area contributed by atoms with Crippen LogP contribution in [0.5, 0.6) is 0 Å². The fourth-order valence-electron chi connectivity index (χ4n) is 1.63. The van der Waals surface area contributed by atoms with E-state index in [1.807, 2.05) is 11.8 Å². The number of aliphatic hydroxyl groups is 1. The largest absolute Gasteiger partial charge is 0.391 e. The molecule has 1 aliphatic rings. The van der Waals surface area contributed by atoms with E-state index in [0.29, 0.717) is 13.0 Å². The number of carbonyl (C=O) groups is 1. The van der Waals surface area contributed by atoms with E-state index in [0.717, 1.165) is 24.5 Å². The minimum Gasteiger partial charge on any atom is -0.391 e. The quantitative estimate of drug-likeness (QED) is 0.704. The highest BCUT2D eigenvalue weighted by atomic mass is 32.2. The molecule has 1 aliphatic heterocycles. The molecule has 3 nitrogen and oxygen atoms in total. The topological polar surface area (TPSA) is 40.5 Å². The van der Waals surface area contributed by atoms with E-state index in [9.17, 15) is 9.90 Å². The smallest absolute Gasteiger partial charge is 0.223 e. The minimum absolute atomic E-state index is 0.204. The molecule has 15 heavy (non-hydrogen) atoms. The molecule has 0 saturated carbocycles. The number of aliphatic hydroxyl groups excluding tert-OH is 1. The van der Waals surface area contributed by atoms with Crippen molar-refractivity contribution in [2.75, 3.05) is 24.6 Å². The van der Waals surface area contributed by atoms with Gasteiger partial charge in [0.2, 0.25) is 5.91 Å². The number of rotatable bonds is 6. The summed E-state index contributed by atoms with van der Waals surface area (Å²) in [4.78, 5) is 13.4. The molecule has 1 rings (SSSR count). The van der Waals surface area contributed by atoms with Crippen molar-refractivity contribution in [2.24, 2.45) is 0 Å². The second-order valence-corrected chi connectivity index (χ2v) is 5.22. The van der Waals surface area contributed by atoms with Crippen molar-refractivity contribution >= 4 is 17.7 Å². The third-order valence-corrected chi connectivity index (χ3v) is 3.69. The fourth-order valence-corrected chi connectivity index (χ4v) is 2.65. The summed E-state index contributed by atoms with van der Waals surface area (Å²) in [6, 6.07) is 0. The third kappa shape index (κ3) is 4.89. The number of hydrogen-bond acceptors (Lipinski definition) is 3. The molecule has 0 aromatic carbocycles. The van der Waals surface area contributed by atoms with Gasteiger partial charge in [-0.3, -0.25) is 4.79 Å². The highest BCUT2D eigenvalue weighted by molar-refractivity contribution is 7.99. The first-order valence-corrected chi connectivity index (χ1v) is 6.93. The van der Waals surface area contributed by atoms with Crippen LogP contribution in [0.1, 0.15) is 32.6 Å². The molecule has 0 bridgehead atoms. The Morgan fingerprint density at radius 3 is 2.93 bits per heavy atom. The average Bonchev–Trinajstić information content (AvgIpc) is 2.64. The Balaban J connectivity index is 2.03. The summed E-state index contributed by atoms with van der Waals surface area (Å²) >= 11 is 1.86. The number of hydrogen-bond donors (Lipinski definition) is 1. The molecular weight excluding hydrogens is 210 g/mol. The van der Waals surface area contributed by atoms with Crippen LogP contribution in [0.4, 0.5) is 0 Å². The summed E-state index contributed by atoms with van der Waals surface area (Å²) in [7, 11) is 0. The van der Waals surface area contributed by atoms with Crippen molar-refractivity contribution in [1.29, 1.82) is 0 Å². The summed E-state index contributed by atoms with van der Waals surface area (Å²) in [5, 5.41) is 9.29. The lowest BCUT2D eigenvalue weighted by molar-refractivity contribution is -0.130. The third-order valence-electron chi connectivity index (χ3n) is 2.62. The minimum atomic E-state index is -0.290. The molecule has 1 amide bonds. The number of thioether (sulfide) groups is 1. The van der Waals surface area contributed by atoms with Crippen molar-refractivity contribution in [3.63, 3.8) is 0 Å². The monoisotopic (exact) mass is 231 g/mol. The zero-order valence-corrected chi connectivity index (χ0v) is 10.3. The molecule has 0 radical (unpaired) electrons. The lowest BCUT2D eigenvalue weighted by atomic mass is 10.3. The zero-order chi connectivity index (χ0) is 11.1. The predicted octanol–water partition coefficient (Wildman–Crippen LogP) is 1.50. The molecule has 1 N–H and O–H groups in total. The molecular formula is C11H21NO2S. The van der Waals surface area contributed by atoms with Crippen molar-refractivity contribution in [3.05, 3.63) is 0 Å². The van der Waals surface area contributed by atoms with E-state index in [2.05, 4.69) is 6.92 Å². The van der Waals surface area contributed by atoms with Gasteiger partial charge < -0.3 is 10.0 Å². The first kappa shape index (κ1) is 12.8. The van der Waals surface area contributed by atoms with Crippen molar-refractivity contribution in [3.8, 4) is 0 Å². The van der Waals surface area contributed by atoms with Gasteiger partial charge in [-0.1, -0.05) is 13.3 Å². The Morgan fingerprint density at radius 2 is 2.33 bits per heavy atom. The molecule has 88 valence electrons. The summed E-state index contributed by atoms with van der Waals surface area (Å²) in [6.07, 6.45) is 3.54. The number of nitrogens with zero attached hydrogens (tertiary/aromatic N) is 1. The molecule has 0 aromatic rings. The summed E-state index contributed by atoms with van der Waals surface area (Å²) in [5.74, 6) is 2.29. The van der Waals surface area contributed by atoms with E-state index in [1.165, 1.54) is 12.8 Å². The number of likely N-dealkylation sites (tertiary alicyclic amines) is 1. The highest BCUT2D eigenvalue weighted by Crippen LogP contribution is 2.12. The molecule has 1 saturated heterocycles. The first-order chi connectivity index (χ1) is 7.24. The molecule has 4 heteroatoms. The van der Waals surface area contributed by atoms with Crippen LogP contribution >= 0.6 is 11.8 Å². The number of amides is 1. The molecule has 0 unspecified atom stereocenters. The Kier molecular flexibility index (Phi) is 6.10. The van der Waals surface area contributed by atoms with Gasteiger partial charge in [-0.2, -0.15) is 11.8 Å². The normalized spacial score (nSPS) is 20.9. The molecule has 0 aliphatic carbocycles. The lowest BCUT2D eigenvalue weighted by Crippen LogP contribution is -2.29. The highest BCUT2D eigenvalue weighted by Gasteiger charge is 2.23. The van der Waals surface area contributed by atoms with Crippen LogP contribution < -0.4 is 0 Å². The van der Waals surface area contributed by atoms with Crippen LogP contribution in [0, 0.1) is 0 Å². The van der Waals surface area contributed by atoms with E-state index in [4.69, 9.17) is 0 Å². The average molecular weight is 231 g/mol. The van der Waals surface area contributed by atoms with Crippen molar-refractivity contribution in [2.45, 2.75) is 38.7 Å². The Hall–Kier alpha value is -0.220. The SMILES string of the molecule is CCCCSCCC(=O)N1CC[C@@H](O)C1. The van der Waals surface area contributed by atoms with Gasteiger partial charge in [-0.05, 0) is 18.6 Å². The van der Waals surface area contributed by atoms with E-state index in [-0.39, 0.29) is 12.0 Å². The van der Waals surface area contributed by atoms with Crippen LogP contribution in [0.25, 0.3) is 0 Å². The van der Waals surface area contributed by atoms with E-state index in [1.54, 1.807) is 4.90 Å².